The summed E-state index contributed by atoms with van der Waals surface area (Å²) in [5.74, 6) is 0.164. The van der Waals surface area contributed by atoms with Gasteiger partial charge in [0.25, 0.3) is 0 Å². The Bertz CT molecular complexity index is 255. The van der Waals surface area contributed by atoms with Crippen molar-refractivity contribution in [2.24, 2.45) is 5.92 Å². The number of rotatable bonds is 2. The Morgan fingerprint density at radius 1 is 1.38 bits per heavy atom. The molecule has 0 amide bonds. The van der Waals surface area contributed by atoms with Crippen molar-refractivity contribution in [2.75, 3.05) is 26.2 Å². The molecule has 2 aliphatic rings. The quantitative estimate of drug-likeness (QED) is 0.772. The summed E-state index contributed by atoms with van der Waals surface area (Å²) in [5.41, 5.74) is 0.377. The second-order valence-electron chi connectivity index (χ2n) is 5.44. The summed E-state index contributed by atoms with van der Waals surface area (Å²) in [6.45, 7) is 6.33. The van der Waals surface area contributed by atoms with Crippen LogP contribution in [0.2, 0.25) is 0 Å². The second-order valence-corrected chi connectivity index (χ2v) is 5.44. The summed E-state index contributed by atoms with van der Waals surface area (Å²) in [6.07, 6.45) is 6.75. The molecule has 2 fully saturated rings. The van der Waals surface area contributed by atoms with Crippen LogP contribution in [0.3, 0.4) is 0 Å². The lowest BCUT2D eigenvalue weighted by Gasteiger charge is -2.50. The fourth-order valence-electron chi connectivity index (χ4n) is 3.24. The van der Waals surface area contributed by atoms with E-state index in [1.165, 1.54) is 32.1 Å². The van der Waals surface area contributed by atoms with Crippen LogP contribution in [0.4, 0.5) is 0 Å². The molecule has 3 nitrogen and oxygen atoms in total. The molecular formula is C13H23N3. The lowest BCUT2D eigenvalue weighted by Crippen LogP contribution is -2.62. The van der Waals surface area contributed by atoms with Crippen molar-refractivity contribution in [3.05, 3.63) is 0 Å². The Labute approximate surface area is 98.8 Å². The van der Waals surface area contributed by atoms with Gasteiger partial charge in [0, 0.05) is 31.7 Å². The van der Waals surface area contributed by atoms with E-state index in [-0.39, 0.29) is 5.92 Å². The topological polar surface area (TPSA) is 39.1 Å². The fraction of sp³-hybridized carbons (Fsp3) is 0.923. The van der Waals surface area contributed by atoms with Gasteiger partial charge in [-0.1, -0.05) is 19.3 Å². The number of nitriles is 1. The van der Waals surface area contributed by atoms with Crippen LogP contribution in [0.15, 0.2) is 0 Å². The molecule has 1 saturated heterocycles. The Morgan fingerprint density at radius 3 is 2.81 bits per heavy atom. The molecule has 0 aromatic heterocycles. The maximum Gasteiger partial charge on any atom is 0.0666 e. The SMILES string of the molecule is CC(C#N)CN1CCNCC12CCCCC2. The first-order valence-corrected chi connectivity index (χ1v) is 6.62. The summed E-state index contributed by atoms with van der Waals surface area (Å²) in [4.78, 5) is 2.59. The lowest BCUT2D eigenvalue weighted by atomic mass is 9.78. The van der Waals surface area contributed by atoms with E-state index in [1.54, 1.807) is 0 Å². The van der Waals surface area contributed by atoms with Crippen LogP contribution < -0.4 is 5.32 Å². The van der Waals surface area contributed by atoms with E-state index in [4.69, 9.17) is 5.26 Å². The minimum atomic E-state index is 0.164. The lowest BCUT2D eigenvalue weighted by molar-refractivity contribution is 0.0220. The summed E-state index contributed by atoms with van der Waals surface area (Å²) < 4.78 is 0. The van der Waals surface area contributed by atoms with Crippen LogP contribution in [0.5, 0.6) is 0 Å². The third-order valence-electron chi connectivity index (χ3n) is 4.18. The molecular weight excluding hydrogens is 198 g/mol. The van der Waals surface area contributed by atoms with Crippen molar-refractivity contribution in [2.45, 2.75) is 44.6 Å². The van der Waals surface area contributed by atoms with Gasteiger partial charge in [-0.05, 0) is 19.8 Å². The number of hydrogen-bond donors (Lipinski definition) is 1. The van der Waals surface area contributed by atoms with Crippen molar-refractivity contribution >= 4 is 0 Å². The standard InChI is InChI=1S/C13H23N3/c1-12(9-14)10-16-8-7-15-11-13(16)5-3-2-4-6-13/h12,15H,2-8,10-11H2,1H3. The normalized spacial score (nSPS) is 27.5. The van der Waals surface area contributed by atoms with Gasteiger partial charge >= 0.3 is 0 Å². The van der Waals surface area contributed by atoms with E-state index in [2.05, 4.69) is 16.3 Å². The zero-order chi connectivity index (χ0) is 11.4. The first kappa shape index (κ1) is 11.9. The average molecular weight is 221 g/mol. The van der Waals surface area contributed by atoms with Gasteiger partial charge in [-0.2, -0.15) is 5.26 Å². The average Bonchev–Trinajstić information content (AvgIpc) is 2.33. The predicted molar refractivity (Wildman–Crippen MR) is 65.0 cm³/mol. The van der Waals surface area contributed by atoms with Crippen LogP contribution in [0.1, 0.15) is 39.0 Å². The Morgan fingerprint density at radius 2 is 2.12 bits per heavy atom. The second kappa shape index (κ2) is 5.16. The molecule has 1 atom stereocenters. The summed E-state index contributed by atoms with van der Waals surface area (Å²) in [6, 6.07) is 2.37. The highest BCUT2D eigenvalue weighted by Gasteiger charge is 2.39. The van der Waals surface area contributed by atoms with Gasteiger partial charge in [0.1, 0.15) is 0 Å². The highest BCUT2D eigenvalue weighted by Crippen LogP contribution is 2.34. The van der Waals surface area contributed by atoms with E-state index in [0.717, 1.165) is 26.2 Å². The monoisotopic (exact) mass is 221 g/mol. The molecule has 0 radical (unpaired) electrons. The third-order valence-corrected chi connectivity index (χ3v) is 4.18. The van der Waals surface area contributed by atoms with Gasteiger partial charge in [-0.3, -0.25) is 4.90 Å². The van der Waals surface area contributed by atoms with Gasteiger partial charge in [0.2, 0.25) is 0 Å². The van der Waals surface area contributed by atoms with Gasteiger partial charge in [0.15, 0.2) is 0 Å². The molecule has 90 valence electrons. The molecule has 1 N–H and O–H groups in total. The maximum absolute atomic E-state index is 8.96. The zero-order valence-corrected chi connectivity index (χ0v) is 10.3. The van der Waals surface area contributed by atoms with Crippen molar-refractivity contribution in [1.82, 2.24) is 10.2 Å². The molecule has 1 unspecified atom stereocenters. The van der Waals surface area contributed by atoms with Gasteiger partial charge in [-0.25, -0.2) is 0 Å². The van der Waals surface area contributed by atoms with Gasteiger partial charge in [0.05, 0.1) is 12.0 Å². The largest absolute Gasteiger partial charge is 0.314 e. The number of piperazine rings is 1. The number of nitrogens with one attached hydrogen (secondary N) is 1. The minimum absolute atomic E-state index is 0.164. The summed E-state index contributed by atoms with van der Waals surface area (Å²) >= 11 is 0. The Kier molecular flexibility index (Phi) is 3.83. The van der Waals surface area contributed by atoms with Crippen molar-refractivity contribution in [3.8, 4) is 6.07 Å². The number of hydrogen-bond acceptors (Lipinski definition) is 3. The first-order valence-electron chi connectivity index (χ1n) is 6.62. The van der Waals surface area contributed by atoms with Crippen LogP contribution in [0, 0.1) is 17.2 Å². The first-order chi connectivity index (χ1) is 7.77. The summed E-state index contributed by atoms with van der Waals surface area (Å²) in [7, 11) is 0. The maximum atomic E-state index is 8.96. The molecule has 16 heavy (non-hydrogen) atoms. The minimum Gasteiger partial charge on any atom is -0.314 e. The highest BCUT2D eigenvalue weighted by atomic mass is 15.3. The molecule has 1 aliphatic heterocycles. The number of nitrogens with zero attached hydrogens (tertiary/aromatic N) is 2. The van der Waals surface area contributed by atoms with Crippen LogP contribution >= 0.6 is 0 Å². The smallest absolute Gasteiger partial charge is 0.0666 e. The van der Waals surface area contributed by atoms with Gasteiger partial charge < -0.3 is 5.32 Å². The van der Waals surface area contributed by atoms with Crippen molar-refractivity contribution in [3.63, 3.8) is 0 Å². The van der Waals surface area contributed by atoms with E-state index < -0.39 is 0 Å². The molecule has 0 bridgehead atoms. The molecule has 2 rings (SSSR count). The van der Waals surface area contributed by atoms with Crippen molar-refractivity contribution in [1.29, 1.82) is 5.26 Å². The molecule has 1 spiro atoms. The van der Waals surface area contributed by atoms with E-state index in [9.17, 15) is 0 Å². The van der Waals surface area contributed by atoms with Crippen LogP contribution in [-0.2, 0) is 0 Å². The predicted octanol–water partition coefficient (Wildman–Crippen LogP) is 1.75. The Hall–Kier alpha value is -0.590. The Balaban J connectivity index is 2.04. The third kappa shape index (κ3) is 2.39. The van der Waals surface area contributed by atoms with E-state index in [0.29, 0.717) is 5.54 Å². The molecule has 1 saturated carbocycles. The van der Waals surface area contributed by atoms with Crippen molar-refractivity contribution < 1.29 is 0 Å². The molecule has 3 heteroatoms. The van der Waals surface area contributed by atoms with E-state index in [1.807, 2.05) is 6.92 Å². The summed E-state index contributed by atoms with van der Waals surface area (Å²) in [5, 5.41) is 12.5. The zero-order valence-electron chi connectivity index (χ0n) is 10.3. The van der Waals surface area contributed by atoms with Gasteiger partial charge in [-0.15, -0.1) is 0 Å². The highest BCUT2D eigenvalue weighted by molar-refractivity contribution is 4.99. The fourth-order valence-corrected chi connectivity index (χ4v) is 3.24. The molecule has 1 heterocycles. The molecule has 1 aliphatic carbocycles. The molecule has 0 aromatic carbocycles. The van der Waals surface area contributed by atoms with Crippen LogP contribution in [0.25, 0.3) is 0 Å². The van der Waals surface area contributed by atoms with Crippen LogP contribution in [-0.4, -0.2) is 36.6 Å². The van der Waals surface area contributed by atoms with E-state index >= 15 is 0 Å². The molecule has 0 aromatic rings.